The Kier molecular flexibility index (Phi) is 6.53. The highest BCUT2D eigenvalue weighted by molar-refractivity contribution is 8.00. The summed E-state index contributed by atoms with van der Waals surface area (Å²) in [5.74, 6) is 1.79. The minimum Gasteiger partial charge on any atom is -0.346 e. The summed E-state index contributed by atoms with van der Waals surface area (Å²) in [6.45, 7) is 0. The molecular formula is C25H29N5O2S. The van der Waals surface area contributed by atoms with Crippen molar-refractivity contribution in [1.82, 2.24) is 25.9 Å². The lowest BCUT2D eigenvalue weighted by Gasteiger charge is -2.18. The summed E-state index contributed by atoms with van der Waals surface area (Å²) in [4.78, 5) is 32.5. The highest BCUT2D eigenvalue weighted by Crippen LogP contribution is 2.33. The normalized spacial score (nSPS) is 22.5. The van der Waals surface area contributed by atoms with Crippen LogP contribution in [0.3, 0.4) is 0 Å². The van der Waals surface area contributed by atoms with Crippen molar-refractivity contribution in [2.45, 2.75) is 55.5 Å². The quantitative estimate of drug-likeness (QED) is 0.287. The van der Waals surface area contributed by atoms with Crippen LogP contribution >= 0.6 is 11.8 Å². The SMILES string of the molecule is O=C(CCCC[C@@H]1SC[C@@H]2NC(=O)N[C@@H]21)NC(Cc1ccccc1)c1nc2ccccc2[nH]1. The fraction of sp³-hybridized carbons (Fsp3) is 0.400. The lowest BCUT2D eigenvalue weighted by Crippen LogP contribution is -2.36. The largest absolute Gasteiger partial charge is 0.346 e. The molecule has 0 radical (unpaired) electrons. The lowest BCUT2D eigenvalue weighted by molar-refractivity contribution is -0.122. The molecule has 33 heavy (non-hydrogen) atoms. The number of urea groups is 1. The molecule has 0 aliphatic carbocycles. The van der Waals surface area contributed by atoms with Crippen molar-refractivity contribution in [2.24, 2.45) is 0 Å². The highest BCUT2D eigenvalue weighted by atomic mass is 32.2. The Labute approximate surface area is 197 Å². The maximum atomic E-state index is 12.8. The average molecular weight is 464 g/mol. The number of hydrogen-bond acceptors (Lipinski definition) is 4. The first-order valence-corrected chi connectivity index (χ1v) is 12.7. The predicted octanol–water partition coefficient (Wildman–Crippen LogP) is 3.69. The van der Waals surface area contributed by atoms with Gasteiger partial charge in [-0.2, -0.15) is 11.8 Å². The third-order valence-corrected chi connectivity index (χ3v) is 7.94. The van der Waals surface area contributed by atoms with Gasteiger partial charge in [-0.05, 0) is 37.0 Å². The van der Waals surface area contributed by atoms with E-state index in [4.69, 9.17) is 4.98 Å². The van der Waals surface area contributed by atoms with Crippen molar-refractivity contribution < 1.29 is 9.59 Å². The second-order valence-electron chi connectivity index (χ2n) is 8.82. The van der Waals surface area contributed by atoms with Gasteiger partial charge in [-0.25, -0.2) is 9.78 Å². The van der Waals surface area contributed by atoms with Gasteiger partial charge < -0.3 is 20.9 Å². The number of aromatic amines is 1. The van der Waals surface area contributed by atoms with Crippen LogP contribution in [0.5, 0.6) is 0 Å². The van der Waals surface area contributed by atoms with E-state index in [0.29, 0.717) is 18.1 Å². The third kappa shape index (κ3) is 5.16. The van der Waals surface area contributed by atoms with E-state index in [1.54, 1.807) is 0 Å². The van der Waals surface area contributed by atoms with E-state index in [1.807, 2.05) is 54.2 Å². The Morgan fingerprint density at radius 2 is 1.91 bits per heavy atom. The van der Waals surface area contributed by atoms with Gasteiger partial charge in [0.1, 0.15) is 5.82 Å². The van der Waals surface area contributed by atoms with Gasteiger partial charge >= 0.3 is 6.03 Å². The molecule has 1 aromatic heterocycles. The van der Waals surface area contributed by atoms with Crippen LogP contribution in [0.2, 0.25) is 0 Å². The molecule has 3 aromatic rings. The third-order valence-electron chi connectivity index (χ3n) is 6.44. The fourth-order valence-corrected chi connectivity index (χ4v) is 6.29. The minimum absolute atomic E-state index is 0.0455. The number of imidazole rings is 1. The Balaban J connectivity index is 1.17. The van der Waals surface area contributed by atoms with Crippen LogP contribution in [0.1, 0.15) is 43.1 Å². The zero-order chi connectivity index (χ0) is 22.6. The smallest absolute Gasteiger partial charge is 0.315 e. The monoisotopic (exact) mass is 463 g/mol. The van der Waals surface area contributed by atoms with Crippen molar-refractivity contribution in [3.8, 4) is 0 Å². The van der Waals surface area contributed by atoms with E-state index >= 15 is 0 Å². The molecule has 2 saturated heterocycles. The number of para-hydroxylation sites is 2. The Morgan fingerprint density at radius 1 is 1.09 bits per heavy atom. The zero-order valence-electron chi connectivity index (χ0n) is 18.4. The molecule has 2 aliphatic rings. The Bertz CT molecular complexity index is 1090. The standard InChI is InChI=1S/C25H29N5O2S/c31-22(13-7-6-12-21-23-20(15-33-21)29-25(32)30-23)26-19(14-16-8-2-1-3-9-16)24-27-17-10-4-5-11-18(17)28-24/h1-5,8-11,19-21,23H,6-7,12-15H2,(H,26,31)(H,27,28)(H2,29,30,32)/t19?,20-,21-,23-/m0/s1. The Hall–Kier alpha value is -3.00. The number of thioether (sulfide) groups is 1. The van der Waals surface area contributed by atoms with E-state index in [0.717, 1.165) is 47.4 Å². The number of hydrogen-bond donors (Lipinski definition) is 4. The summed E-state index contributed by atoms with van der Waals surface area (Å²) in [6.07, 6.45) is 3.98. The van der Waals surface area contributed by atoms with E-state index in [9.17, 15) is 9.59 Å². The highest BCUT2D eigenvalue weighted by Gasteiger charge is 2.42. The van der Waals surface area contributed by atoms with Gasteiger partial charge in [0.15, 0.2) is 0 Å². The van der Waals surface area contributed by atoms with Crippen LogP contribution in [0.25, 0.3) is 11.0 Å². The Morgan fingerprint density at radius 3 is 2.76 bits per heavy atom. The van der Waals surface area contributed by atoms with E-state index < -0.39 is 0 Å². The molecule has 2 fully saturated rings. The lowest BCUT2D eigenvalue weighted by atomic mass is 10.0. The van der Waals surface area contributed by atoms with Crippen molar-refractivity contribution in [2.75, 3.05) is 5.75 Å². The second-order valence-corrected chi connectivity index (χ2v) is 10.1. The summed E-state index contributed by atoms with van der Waals surface area (Å²) in [5.41, 5.74) is 3.03. The molecule has 2 aromatic carbocycles. The molecule has 172 valence electrons. The van der Waals surface area contributed by atoms with Crippen molar-refractivity contribution in [3.05, 3.63) is 66.0 Å². The summed E-state index contributed by atoms with van der Waals surface area (Å²) in [7, 11) is 0. The molecule has 3 amide bonds. The number of H-pyrrole nitrogens is 1. The van der Waals surface area contributed by atoms with Crippen LogP contribution in [-0.2, 0) is 11.2 Å². The van der Waals surface area contributed by atoms with E-state index in [2.05, 4.69) is 33.1 Å². The first kappa shape index (κ1) is 21.8. The molecule has 1 unspecified atom stereocenters. The van der Waals surface area contributed by atoms with Crippen LogP contribution < -0.4 is 16.0 Å². The molecule has 7 nitrogen and oxygen atoms in total. The predicted molar refractivity (Wildman–Crippen MR) is 131 cm³/mol. The second kappa shape index (κ2) is 9.87. The number of nitrogens with zero attached hydrogens (tertiary/aromatic N) is 1. The van der Waals surface area contributed by atoms with Crippen LogP contribution in [-0.4, -0.2) is 45.0 Å². The molecule has 8 heteroatoms. The number of fused-ring (bicyclic) bond motifs is 2. The number of benzene rings is 2. The summed E-state index contributed by atoms with van der Waals surface area (Å²) < 4.78 is 0. The molecule has 4 atom stereocenters. The first-order valence-electron chi connectivity index (χ1n) is 11.6. The maximum Gasteiger partial charge on any atom is 0.315 e. The molecule has 5 rings (SSSR count). The summed E-state index contributed by atoms with van der Waals surface area (Å²) >= 11 is 1.92. The number of aromatic nitrogens is 2. The van der Waals surface area contributed by atoms with Gasteiger partial charge in [0.05, 0.1) is 29.2 Å². The van der Waals surface area contributed by atoms with Crippen molar-refractivity contribution in [1.29, 1.82) is 0 Å². The first-order chi connectivity index (χ1) is 16.2. The van der Waals surface area contributed by atoms with Gasteiger partial charge in [0.25, 0.3) is 0 Å². The molecule has 0 saturated carbocycles. The van der Waals surface area contributed by atoms with Crippen molar-refractivity contribution >= 4 is 34.7 Å². The van der Waals surface area contributed by atoms with Gasteiger partial charge in [0.2, 0.25) is 5.91 Å². The van der Waals surface area contributed by atoms with Gasteiger partial charge in [-0.3, -0.25) is 4.79 Å². The van der Waals surface area contributed by atoms with Gasteiger partial charge in [-0.15, -0.1) is 0 Å². The topological polar surface area (TPSA) is 98.9 Å². The summed E-state index contributed by atoms with van der Waals surface area (Å²) in [6, 6.07) is 18.3. The number of carbonyl (C=O) groups excluding carboxylic acids is 2. The van der Waals surface area contributed by atoms with Gasteiger partial charge in [-0.1, -0.05) is 48.9 Å². The van der Waals surface area contributed by atoms with Crippen LogP contribution in [0.4, 0.5) is 4.79 Å². The number of rotatable bonds is 9. The molecule has 2 aliphatic heterocycles. The zero-order valence-corrected chi connectivity index (χ0v) is 19.2. The minimum atomic E-state index is -0.210. The van der Waals surface area contributed by atoms with Crippen LogP contribution in [0.15, 0.2) is 54.6 Å². The van der Waals surface area contributed by atoms with Crippen LogP contribution in [0, 0.1) is 0 Å². The number of nitrogens with one attached hydrogen (secondary N) is 4. The average Bonchev–Trinajstić information content (AvgIpc) is 3.51. The maximum absolute atomic E-state index is 12.8. The van der Waals surface area contributed by atoms with Crippen molar-refractivity contribution in [3.63, 3.8) is 0 Å². The van der Waals surface area contributed by atoms with Gasteiger partial charge in [0, 0.05) is 17.4 Å². The summed E-state index contributed by atoms with van der Waals surface area (Å²) in [5, 5.41) is 9.65. The molecule has 4 N–H and O–H groups in total. The van der Waals surface area contributed by atoms with E-state index in [1.165, 1.54) is 0 Å². The molecular weight excluding hydrogens is 434 g/mol. The molecule has 0 spiro atoms. The molecule has 3 heterocycles. The number of carbonyl (C=O) groups is 2. The number of unbranched alkanes of at least 4 members (excludes halogenated alkanes) is 1. The molecule has 0 bridgehead atoms. The fourth-order valence-electron chi connectivity index (χ4n) is 4.74. The number of amides is 3. The van der Waals surface area contributed by atoms with E-state index in [-0.39, 0.29) is 30.1 Å².